The van der Waals surface area contributed by atoms with Gasteiger partial charge in [0.15, 0.2) is 0 Å². The Morgan fingerprint density at radius 1 is 1.26 bits per heavy atom. The highest BCUT2D eigenvalue weighted by Crippen LogP contribution is 2.24. The molecule has 19 heavy (non-hydrogen) atoms. The van der Waals surface area contributed by atoms with E-state index in [-0.39, 0.29) is 5.91 Å². The van der Waals surface area contributed by atoms with E-state index in [0.717, 1.165) is 0 Å². The van der Waals surface area contributed by atoms with Crippen molar-refractivity contribution in [1.82, 2.24) is 0 Å². The molecule has 0 saturated heterocycles. The summed E-state index contributed by atoms with van der Waals surface area (Å²) in [6.45, 7) is 4.12. The van der Waals surface area contributed by atoms with Crippen LogP contribution in [-0.4, -0.2) is 25.6 Å². The van der Waals surface area contributed by atoms with Crippen LogP contribution in [-0.2, 0) is 14.3 Å². The Morgan fingerprint density at radius 2 is 1.95 bits per heavy atom. The SMILES string of the molecule is CCOc1ccccc1NC(=O)C(CC)C(=O)OC. The van der Waals surface area contributed by atoms with Crippen molar-refractivity contribution in [3.05, 3.63) is 24.3 Å². The monoisotopic (exact) mass is 265 g/mol. The van der Waals surface area contributed by atoms with Gasteiger partial charge in [-0.3, -0.25) is 9.59 Å². The van der Waals surface area contributed by atoms with Crippen LogP contribution in [0.5, 0.6) is 5.75 Å². The molecule has 1 atom stereocenters. The van der Waals surface area contributed by atoms with E-state index in [1.807, 2.05) is 13.0 Å². The van der Waals surface area contributed by atoms with E-state index in [0.29, 0.717) is 24.5 Å². The first kappa shape index (κ1) is 15.0. The Hall–Kier alpha value is -2.04. The summed E-state index contributed by atoms with van der Waals surface area (Å²) < 4.78 is 10.0. The molecule has 0 bridgehead atoms. The topological polar surface area (TPSA) is 64.6 Å². The lowest BCUT2D eigenvalue weighted by Crippen LogP contribution is -2.30. The van der Waals surface area contributed by atoms with E-state index in [1.54, 1.807) is 25.1 Å². The fourth-order valence-electron chi connectivity index (χ4n) is 1.67. The molecule has 0 radical (unpaired) electrons. The second-order valence-corrected chi connectivity index (χ2v) is 3.90. The van der Waals surface area contributed by atoms with Gasteiger partial charge in [-0.05, 0) is 25.5 Å². The molecule has 0 heterocycles. The summed E-state index contributed by atoms with van der Waals surface area (Å²) in [7, 11) is 1.27. The minimum atomic E-state index is -0.806. The number of esters is 1. The average molecular weight is 265 g/mol. The predicted molar refractivity (Wildman–Crippen MR) is 72.0 cm³/mol. The van der Waals surface area contributed by atoms with Crippen molar-refractivity contribution in [2.24, 2.45) is 5.92 Å². The lowest BCUT2D eigenvalue weighted by Gasteiger charge is -2.15. The molecular weight excluding hydrogens is 246 g/mol. The third kappa shape index (κ3) is 3.98. The summed E-state index contributed by atoms with van der Waals surface area (Å²) >= 11 is 0. The molecule has 0 aromatic heterocycles. The fraction of sp³-hybridized carbons (Fsp3) is 0.429. The zero-order valence-corrected chi connectivity index (χ0v) is 11.4. The Labute approximate surface area is 112 Å². The van der Waals surface area contributed by atoms with Crippen molar-refractivity contribution in [2.45, 2.75) is 20.3 Å². The number of para-hydroxylation sites is 2. The van der Waals surface area contributed by atoms with Crippen molar-refractivity contribution in [3.8, 4) is 5.75 Å². The molecule has 0 aliphatic rings. The largest absolute Gasteiger partial charge is 0.492 e. The van der Waals surface area contributed by atoms with Gasteiger partial charge in [-0.2, -0.15) is 0 Å². The number of rotatable bonds is 6. The predicted octanol–water partition coefficient (Wildman–Crippen LogP) is 2.22. The number of carbonyl (C=O) groups excluding carboxylic acids is 2. The number of hydrogen-bond donors (Lipinski definition) is 1. The normalized spacial score (nSPS) is 11.5. The molecule has 1 rings (SSSR count). The lowest BCUT2D eigenvalue weighted by molar-refractivity contribution is -0.148. The highest BCUT2D eigenvalue weighted by Gasteiger charge is 2.26. The molecule has 0 spiro atoms. The zero-order valence-electron chi connectivity index (χ0n) is 11.4. The molecule has 104 valence electrons. The van der Waals surface area contributed by atoms with Gasteiger partial charge in [0.2, 0.25) is 5.91 Å². The van der Waals surface area contributed by atoms with E-state index in [1.165, 1.54) is 7.11 Å². The third-order valence-electron chi connectivity index (χ3n) is 2.66. The molecule has 1 aromatic rings. The Balaban J connectivity index is 2.83. The van der Waals surface area contributed by atoms with Crippen molar-refractivity contribution in [1.29, 1.82) is 0 Å². The minimum absolute atomic E-state index is 0.384. The number of nitrogens with one attached hydrogen (secondary N) is 1. The number of amides is 1. The van der Waals surface area contributed by atoms with Gasteiger partial charge >= 0.3 is 5.97 Å². The van der Waals surface area contributed by atoms with Gasteiger partial charge < -0.3 is 14.8 Å². The average Bonchev–Trinajstić information content (AvgIpc) is 2.41. The zero-order chi connectivity index (χ0) is 14.3. The summed E-state index contributed by atoms with van der Waals surface area (Å²) in [5, 5.41) is 2.70. The molecule has 1 aromatic carbocycles. The first-order valence-electron chi connectivity index (χ1n) is 6.24. The maximum absolute atomic E-state index is 12.0. The second-order valence-electron chi connectivity index (χ2n) is 3.90. The van der Waals surface area contributed by atoms with Crippen LogP contribution in [0.3, 0.4) is 0 Å². The van der Waals surface area contributed by atoms with Crippen molar-refractivity contribution >= 4 is 17.6 Å². The molecule has 1 N–H and O–H groups in total. The molecule has 0 fully saturated rings. The quantitative estimate of drug-likeness (QED) is 0.632. The van der Waals surface area contributed by atoms with Gasteiger partial charge in [-0.1, -0.05) is 19.1 Å². The molecular formula is C14H19NO4. The van der Waals surface area contributed by atoms with Crippen LogP contribution in [0.25, 0.3) is 0 Å². The number of benzene rings is 1. The number of ether oxygens (including phenoxy) is 2. The van der Waals surface area contributed by atoms with E-state index in [2.05, 4.69) is 10.1 Å². The Bertz CT molecular complexity index is 445. The van der Waals surface area contributed by atoms with Crippen LogP contribution in [0.4, 0.5) is 5.69 Å². The van der Waals surface area contributed by atoms with Crippen LogP contribution < -0.4 is 10.1 Å². The third-order valence-corrected chi connectivity index (χ3v) is 2.66. The lowest BCUT2D eigenvalue weighted by atomic mass is 10.1. The maximum atomic E-state index is 12.0. The maximum Gasteiger partial charge on any atom is 0.318 e. The van der Waals surface area contributed by atoms with Gasteiger partial charge in [0.05, 0.1) is 19.4 Å². The summed E-state index contributed by atoms with van der Waals surface area (Å²) in [5.41, 5.74) is 0.553. The Kier molecular flexibility index (Phi) is 5.85. The smallest absolute Gasteiger partial charge is 0.318 e. The number of methoxy groups -OCH3 is 1. The van der Waals surface area contributed by atoms with E-state index >= 15 is 0 Å². The molecule has 5 heteroatoms. The molecule has 0 saturated carbocycles. The number of hydrogen-bond acceptors (Lipinski definition) is 4. The Morgan fingerprint density at radius 3 is 2.53 bits per heavy atom. The van der Waals surface area contributed by atoms with E-state index < -0.39 is 11.9 Å². The molecule has 0 aliphatic carbocycles. The standard InChI is InChI=1S/C14H19NO4/c1-4-10(14(17)18-3)13(16)15-11-8-6-7-9-12(11)19-5-2/h6-10H,4-5H2,1-3H3,(H,15,16). The first-order valence-corrected chi connectivity index (χ1v) is 6.24. The van der Waals surface area contributed by atoms with Crippen molar-refractivity contribution < 1.29 is 19.1 Å². The van der Waals surface area contributed by atoms with Crippen molar-refractivity contribution in [2.75, 3.05) is 19.0 Å². The summed E-state index contributed by atoms with van der Waals surface area (Å²) in [6, 6.07) is 7.10. The highest BCUT2D eigenvalue weighted by molar-refractivity contribution is 6.05. The molecule has 1 amide bonds. The summed E-state index contributed by atoms with van der Waals surface area (Å²) in [4.78, 5) is 23.5. The van der Waals surface area contributed by atoms with Gasteiger partial charge in [-0.25, -0.2) is 0 Å². The van der Waals surface area contributed by atoms with Crippen LogP contribution in [0, 0.1) is 5.92 Å². The second kappa shape index (κ2) is 7.41. The summed E-state index contributed by atoms with van der Waals surface area (Å²) in [6.07, 6.45) is 0.384. The minimum Gasteiger partial charge on any atom is -0.492 e. The van der Waals surface area contributed by atoms with Crippen LogP contribution in [0.15, 0.2) is 24.3 Å². The number of carbonyl (C=O) groups is 2. The number of anilines is 1. The molecule has 5 nitrogen and oxygen atoms in total. The van der Waals surface area contributed by atoms with Gasteiger partial charge in [-0.15, -0.1) is 0 Å². The van der Waals surface area contributed by atoms with Gasteiger partial charge in [0.25, 0.3) is 0 Å². The van der Waals surface area contributed by atoms with Crippen LogP contribution in [0.1, 0.15) is 20.3 Å². The first-order chi connectivity index (χ1) is 9.13. The molecule has 0 aliphatic heterocycles. The van der Waals surface area contributed by atoms with Crippen LogP contribution >= 0.6 is 0 Å². The van der Waals surface area contributed by atoms with E-state index in [9.17, 15) is 9.59 Å². The molecule has 1 unspecified atom stereocenters. The van der Waals surface area contributed by atoms with Gasteiger partial charge in [0.1, 0.15) is 11.7 Å². The van der Waals surface area contributed by atoms with Crippen LogP contribution in [0.2, 0.25) is 0 Å². The van der Waals surface area contributed by atoms with Gasteiger partial charge in [0, 0.05) is 0 Å². The highest BCUT2D eigenvalue weighted by atomic mass is 16.5. The van der Waals surface area contributed by atoms with Crippen molar-refractivity contribution in [3.63, 3.8) is 0 Å². The van der Waals surface area contributed by atoms with E-state index in [4.69, 9.17) is 4.74 Å². The summed E-state index contributed by atoms with van der Waals surface area (Å²) in [5.74, 6) is -1.15. The fourth-order valence-corrected chi connectivity index (χ4v) is 1.67.